The average molecular weight is 577 g/mol. The van der Waals surface area contributed by atoms with Crippen LogP contribution in [-0.2, 0) is 15.0 Å². The minimum atomic E-state index is -0.792. The first kappa shape index (κ1) is 27.6. The van der Waals surface area contributed by atoms with Gasteiger partial charge in [0.05, 0.1) is 35.3 Å². The van der Waals surface area contributed by atoms with Crippen LogP contribution in [0.25, 0.3) is 10.2 Å². The number of aromatic nitrogens is 2. The Morgan fingerprint density at radius 3 is 2.63 bits per heavy atom. The third-order valence-electron chi connectivity index (χ3n) is 9.18. The van der Waals surface area contributed by atoms with Gasteiger partial charge in [-0.05, 0) is 75.3 Å². The van der Waals surface area contributed by atoms with Crippen LogP contribution in [-0.4, -0.2) is 70.8 Å². The molecule has 5 heterocycles. The van der Waals surface area contributed by atoms with E-state index in [0.717, 1.165) is 35.2 Å². The molecule has 10 nitrogen and oxygen atoms in total. The number of nitrogens with two attached hydrogens (primary N) is 1. The van der Waals surface area contributed by atoms with E-state index in [-0.39, 0.29) is 34.5 Å². The van der Waals surface area contributed by atoms with Crippen molar-refractivity contribution in [2.24, 2.45) is 11.7 Å². The molecule has 3 saturated heterocycles. The summed E-state index contributed by atoms with van der Waals surface area (Å²) in [6.07, 6.45) is 7.89. The zero-order valence-electron chi connectivity index (χ0n) is 23.7. The summed E-state index contributed by atoms with van der Waals surface area (Å²) in [4.78, 5) is 51.8. The number of pyridine rings is 1. The van der Waals surface area contributed by atoms with E-state index in [1.165, 1.54) is 50.1 Å². The van der Waals surface area contributed by atoms with Gasteiger partial charge in [0.1, 0.15) is 10.6 Å². The minimum Gasteiger partial charge on any atom is -0.480 e. The predicted octanol–water partition coefficient (Wildman–Crippen LogP) is 3.86. The number of carbonyl (C=O) groups is 3. The van der Waals surface area contributed by atoms with Crippen molar-refractivity contribution < 1.29 is 19.1 Å². The fourth-order valence-corrected chi connectivity index (χ4v) is 8.10. The minimum absolute atomic E-state index is 0.0191. The highest BCUT2D eigenvalue weighted by Gasteiger charge is 2.46. The maximum atomic E-state index is 13.5. The Hall–Kier alpha value is -3.57. The van der Waals surface area contributed by atoms with Crippen molar-refractivity contribution in [3.05, 3.63) is 46.6 Å². The van der Waals surface area contributed by atoms with E-state index in [9.17, 15) is 14.4 Å². The fourth-order valence-electron chi connectivity index (χ4n) is 6.92. The molecule has 216 valence electrons. The van der Waals surface area contributed by atoms with E-state index in [2.05, 4.69) is 47.4 Å². The summed E-state index contributed by atoms with van der Waals surface area (Å²) in [6, 6.07) is 8.14. The summed E-state index contributed by atoms with van der Waals surface area (Å²) in [7, 11) is 3.60. The number of ether oxygens (including phenoxy) is 1. The largest absolute Gasteiger partial charge is 0.480 e. The lowest BCUT2D eigenvalue weighted by Crippen LogP contribution is -2.54. The van der Waals surface area contributed by atoms with Crippen LogP contribution in [0.2, 0.25) is 0 Å². The van der Waals surface area contributed by atoms with Gasteiger partial charge in [-0.25, -0.2) is 9.97 Å². The number of piperidine rings is 3. The highest BCUT2D eigenvalue weighted by atomic mass is 32.1. The Balaban J connectivity index is 1.24. The third kappa shape index (κ3) is 5.05. The van der Waals surface area contributed by atoms with Crippen molar-refractivity contribution >= 4 is 45.0 Å². The molecule has 2 aromatic heterocycles. The number of carbonyl (C=O) groups excluding carboxylic acids is 3. The first-order valence-corrected chi connectivity index (χ1v) is 15.1. The number of primary amides is 1. The topological polar surface area (TPSA) is 131 Å². The van der Waals surface area contributed by atoms with Crippen LogP contribution >= 0.6 is 11.3 Å². The molecule has 11 heteroatoms. The second kappa shape index (κ2) is 10.7. The van der Waals surface area contributed by atoms with E-state index in [4.69, 9.17) is 15.5 Å². The Kier molecular flexibility index (Phi) is 7.19. The molecule has 1 saturated carbocycles. The van der Waals surface area contributed by atoms with Crippen molar-refractivity contribution in [3.63, 3.8) is 0 Å². The third-order valence-corrected chi connectivity index (χ3v) is 10.5. The number of nitrogens with zero attached hydrogens (tertiary/aromatic N) is 4. The zero-order valence-corrected chi connectivity index (χ0v) is 24.5. The number of amides is 3. The zero-order chi connectivity index (χ0) is 28.9. The second-order valence-electron chi connectivity index (χ2n) is 11.9. The molecule has 4 aliphatic rings. The number of nitrogens with one attached hydrogen (secondary N) is 1. The summed E-state index contributed by atoms with van der Waals surface area (Å²) in [6.45, 7) is 3.63. The van der Waals surface area contributed by atoms with Crippen LogP contribution in [0, 0.1) is 5.92 Å². The molecule has 3 aliphatic heterocycles. The summed E-state index contributed by atoms with van der Waals surface area (Å²) in [5, 5.41) is 3.81. The smallest absolute Gasteiger partial charge is 0.313 e. The predicted molar refractivity (Wildman–Crippen MR) is 157 cm³/mol. The van der Waals surface area contributed by atoms with Crippen LogP contribution in [0.1, 0.15) is 72.4 Å². The second-order valence-corrected chi connectivity index (χ2v) is 13.0. The summed E-state index contributed by atoms with van der Waals surface area (Å²) < 4.78 is 6.22. The van der Waals surface area contributed by atoms with Crippen LogP contribution in [0.4, 0.5) is 5.69 Å². The number of likely N-dealkylation sites (N-methyl/N-ethyl adjacent to an activating group) is 1. The van der Waals surface area contributed by atoms with Crippen molar-refractivity contribution in [2.75, 3.05) is 32.6 Å². The van der Waals surface area contributed by atoms with E-state index in [1.807, 2.05) is 0 Å². The average Bonchev–Trinajstić information content (AvgIpc) is 3.42. The molecule has 3 N–H and O–H groups in total. The number of likely N-dealkylation sites (tertiary alicyclic amines) is 1. The van der Waals surface area contributed by atoms with Crippen molar-refractivity contribution in [1.82, 2.24) is 19.8 Å². The number of fused-ring (bicyclic) bond motifs is 4. The van der Waals surface area contributed by atoms with Crippen LogP contribution in [0.3, 0.4) is 0 Å². The molecular formula is C30H36N6O4S. The monoisotopic (exact) mass is 576 g/mol. The number of benzene rings is 1. The molecule has 1 aliphatic carbocycles. The normalized spacial score (nSPS) is 26.2. The molecule has 2 bridgehead atoms. The molecular weight excluding hydrogens is 540 g/mol. The van der Waals surface area contributed by atoms with Gasteiger partial charge < -0.3 is 25.6 Å². The van der Waals surface area contributed by atoms with Gasteiger partial charge in [-0.15, -0.1) is 11.3 Å². The molecule has 4 fully saturated rings. The lowest BCUT2D eigenvalue weighted by molar-refractivity contribution is -0.146. The van der Waals surface area contributed by atoms with Gasteiger partial charge >= 0.3 is 11.8 Å². The van der Waals surface area contributed by atoms with Crippen molar-refractivity contribution in [3.8, 4) is 5.88 Å². The number of hydrogen-bond acceptors (Lipinski definition) is 8. The lowest BCUT2D eigenvalue weighted by Gasteiger charge is -2.50. The molecule has 0 spiro atoms. The Bertz CT molecular complexity index is 1510. The summed E-state index contributed by atoms with van der Waals surface area (Å²) in [5.41, 5.74) is 7.72. The Morgan fingerprint density at radius 2 is 1.93 bits per heavy atom. The van der Waals surface area contributed by atoms with Gasteiger partial charge in [0, 0.05) is 24.5 Å². The Labute approximate surface area is 243 Å². The molecule has 1 aromatic carbocycles. The van der Waals surface area contributed by atoms with Crippen LogP contribution < -0.4 is 15.8 Å². The number of methoxy groups -OCH3 is 1. The van der Waals surface area contributed by atoms with Gasteiger partial charge in [-0.3, -0.25) is 14.4 Å². The van der Waals surface area contributed by atoms with Gasteiger partial charge in [-0.2, -0.15) is 0 Å². The van der Waals surface area contributed by atoms with Crippen molar-refractivity contribution in [2.45, 2.75) is 62.9 Å². The van der Waals surface area contributed by atoms with Crippen LogP contribution in [0.5, 0.6) is 5.88 Å². The van der Waals surface area contributed by atoms with Crippen molar-refractivity contribution in [1.29, 1.82) is 0 Å². The van der Waals surface area contributed by atoms with E-state index in [0.29, 0.717) is 12.6 Å². The fraction of sp³-hybridized carbons (Fsp3) is 0.500. The maximum absolute atomic E-state index is 13.5. The highest BCUT2D eigenvalue weighted by molar-refractivity contribution is 7.18. The van der Waals surface area contributed by atoms with E-state index in [1.54, 1.807) is 16.2 Å². The number of anilines is 1. The molecule has 3 aromatic rings. The van der Waals surface area contributed by atoms with Gasteiger partial charge in [0.25, 0.3) is 5.91 Å². The quantitative estimate of drug-likeness (QED) is 0.441. The SMILES string of the molecule is COc1ncc(NC(=O)C(=O)N2C[C@@H](C)CC[C@@H]2c2ccc3sc(C45CCC(CC4)N(C)C5)nc3c2)cc1C(N)=O. The van der Waals surface area contributed by atoms with Gasteiger partial charge in [0.2, 0.25) is 5.88 Å². The molecule has 0 unspecified atom stereocenters. The number of thiazole rings is 1. The van der Waals surface area contributed by atoms with E-state index < -0.39 is 17.7 Å². The first-order valence-electron chi connectivity index (χ1n) is 14.2. The van der Waals surface area contributed by atoms with Gasteiger partial charge in [-0.1, -0.05) is 13.0 Å². The Morgan fingerprint density at radius 1 is 1.15 bits per heavy atom. The molecule has 7 rings (SSSR count). The first-order chi connectivity index (χ1) is 19.7. The van der Waals surface area contributed by atoms with E-state index >= 15 is 0 Å². The molecule has 41 heavy (non-hydrogen) atoms. The number of rotatable bonds is 5. The standard InChI is InChI=1S/C30H36N6O4S/c1-17-4-6-23(36(15-17)28(39)26(38)33-19-13-21(25(31)37)27(40-3)32-14-19)18-5-7-24-22(12-18)34-29(41-24)30-10-8-20(9-11-30)35(2)16-30/h5,7,12-14,17,20,23H,4,6,8-11,15-16H2,1-3H3,(H2,31,37)(H,33,38)/t17-,20?,23+,30?/m0/s1. The van der Waals surface area contributed by atoms with Gasteiger partial charge in [0.15, 0.2) is 0 Å². The maximum Gasteiger partial charge on any atom is 0.313 e. The molecule has 2 atom stereocenters. The molecule has 3 amide bonds. The highest BCUT2D eigenvalue weighted by Crippen LogP contribution is 2.48. The number of hydrogen-bond donors (Lipinski definition) is 2. The summed E-state index contributed by atoms with van der Waals surface area (Å²) >= 11 is 1.80. The van der Waals surface area contributed by atoms with Crippen LogP contribution in [0.15, 0.2) is 30.5 Å². The lowest BCUT2D eigenvalue weighted by atomic mass is 9.68. The summed E-state index contributed by atoms with van der Waals surface area (Å²) in [5.74, 6) is -1.85. The molecule has 0 radical (unpaired) electrons.